The molecule has 0 aromatic heterocycles. The van der Waals surface area contributed by atoms with Gasteiger partial charge in [0.1, 0.15) is 5.69 Å². The van der Waals surface area contributed by atoms with Crippen LogP contribution in [0.3, 0.4) is 0 Å². The minimum Gasteiger partial charge on any atom is -0.481 e. The van der Waals surface area contributed by atoms with Crippen molar-refractivity contribution in [1.29, 1.82) is 0 Å². The Balaban J connectivity index is 2.06. The number of hydrogen-bond donors (Lipinski definition) is 2. The van der Waals surface area contributed by atoms with Crippen molar-refractivity contribution in [1.82, 2.24) is 4.90 Å². The van der Waals surface area contributed by atoms with Crippen LogP contribution in [0.4, 0.5) is 11.4 Å². The summed E-state index contributed by atoms with van der Waals surface area (Å²) >= 11 is 0. The number of anilines is 1. The summed E-state index contributed by atoms with van der Waals surface area (Å²) in [5.74, 6) is -1.73. The second-order valence-electron chi connectivity index (χ2n) is 5.61. The molecule has 124 valence electrons. The fourth-order valence-electron chi connectivity index (χ4n) is 2.70. The molecule has 23 heavy (non-hydrogen) atoms. The number of nitro benzene ring substituents is 1. The molecule has 2 atom stereocenters. The minimum atomic E-state index is -0.860. The van der Waals surface area contributed by atoms with E-state index in [4.69, 9.17) is 5.11 Å². The molecule has 1 heterocycles. The lowest BCUT2D eigenvalue weighted by Crippen LogP contribution is -2.48. The van der Waals surface area contributed by atoms with Crippen LogP contribution >= 0.6 is 0 Å². The number of carbonyl (C=O) groups is 2. The molecule has 2 rings (SSSR count). The number of rotatable bonds is 5. The van der Waals surface area contributed by atoms with Gasteiger partial charge in [-0.1, -0.05) is 12.1 Å². The standard InChI is InChI=1S/C15H19N3O5/c1-10(17-8-4-5-11(9-17)15(20)21)14(19)16-12-6-2-3-7-13(12)18(22)23/h2-3,6-7,10-11H,4-5,8-9H2,1H3,(H,16,19)(H,20,21). The Morgan fingerprint density at radius 3 is 2.78 bits per heavy atom. The van der Waals surface area contributed by atoms with Gasteiger partial charge in [-0.2, -0.15) is 0 Å². The molecule has 2 N–H and O–H groups in total. The van der Waals surface area contributed by atoms with Gasteiger partial charge in [0, 0.05) is 12.6 Å². The summed E-state index contributed by atoms with van der Waals surface area (Å²) < 4.78 is 0. The van der Waals surface area contributed by atoms with E-state index >= 15 is 0 Å². The van der Waals surface area contributed by atoms with Crippen LogP contribution in [-0.2, 0) is 9.59 Å². The number of amides is 1. The van der Waals surface area contributed by atoms with Crippen molar-refractivity contribution in [2.45, 2.75) is 25.8 Å². The second kappa shape index (κ2) is 7.19. The maximum atomic E-state index is 12.3. The molecule has 2 unspecified atom stereocenters. The number of aliphatic carboxylic acids is 1. The highest BCUT2D eigenvalue weighted by molar-refractivity contribution is 5.96. The van der Waals surface area contributed by atoms with Crippen LogP contribution in [0.25, 0.3) is 0 Å². The Morgan fingerprint density at radius 2 is 2.13 bits per heavy atom. The van der Waals surface area contributed by atoms with E-state index in [2.05, 4.69) is 5.32 Å². The Morgan fingerprint density at radius 1 is 1.43 bits per heavy atom. The van der Waals surface area contributed by atoms with E-state index in [1.165, 1.54) is 18.2 Å². The van der Waals surface area contributed by atoms with Gasteiger partial charge >= 0.3 is 5.97 Å². The predicted octanol–water partition coefficient (Wildman–Crippen LogP) is 1.72. The van der Waals surface area contributed by atoms with Gasteiger partial charge in [-0.25, -0.2) is 0 Å². The first-order chi connectivity index (χ1) is 10.9. The van der Waals surface area contributed by atoms with Crippen molar-refractivity contribution in [3.63, 3.8) is 0 Å². The lowest BCUT2D eigenvalue weighted by atomic mass is 9.97. The molecule has 1 aromatic carbocycles. The molecule has 0 saturated carbocycles. The minimum absolute atomic E-state index is 0.140. The lowest BCUT2D eigenvalue weighted by Gasteiger charge is -2.34. The van der Waals surface area contributed by atoms with E-state index in [0.717, 1.165) is 0 Å². The number of benzene rings is 1. The molecule has 1 fully saturated rings. The number of nitrogens with zero attached hydrogens (tertiary/aromatic N) is 2. The Hall–Kier alpha value is -2.48. The summed E-state index contributed by atoms with van der Waals surface area (Å²) in [6, 6.07) is 5.37. The normalized spacial score (nSPS) is 19.8. The van der Waals surface area contributed by atoms with Crippen molar-refractivity contribution >= 4 is 23.3 Å². The first kappa shape index (κ1) is 16.9. The van der Waals surface area contributed by atoms with Crippen LogP contribution in [0.15, 0.2) is 24.3 Å². The number of nitrogens with one attached hydrogen (secondary N) is 1. The average Bonchev–Trinajstić information content (AvgIpc) is 2.54. The summed E-state index contributed by atoms with van der Waals surface area (Å²) in [5, 5.41) is 22.6. The summed E-state index contributed by atoms with van der Waals surface area (Å²) in [6.45, 7) is 2.62. The van der Waals surface area contributed by atoms with Gasteiger partial charge in [0.15, 0.2) is 0 Å². The number of carboxylic acid groups (broad SMARTS) is 1. The number of carboxylic acids is 1. The van der Waals surface area contributed by atoms with Crippen molar-refractivity contribution in [3.05, 3.63) is 34.4 Å². The van der Waals surface area contributed by atoms with Gasteiger partial charge in [-0.05, 0) is 32.4 Å². The third-order valence-corrected chi connectivity index (χ3v) is 4.09. The van der Waals surface area contributed by atoms with Crippen molar-refractivity contribution in [3.8, 4) is 0 Å². The van der Waals surface area contributed by atoms with Crippen molar-refractivity contribution in [2.24, 2.45) is 5.92 Å². The average molecular weight is 321 g/mol. The largest absolute Gasteiger partial charge is 0.481 e. The zero-order valence-corrected chi connectivity index (χ0v) is 12.8. The Labute approximate surface area is 133 Å². The van der Waals surface area contributed by atoms with Crippen molar-refractivity contribution in [2.75, 3.05) is 18.4 Å². The molecule has 0 radical (unpaired) electrons. The molecule has 0 aliphatic carbocycles. The van der Waals surface area contributed by atoms with E-state index in [1.54, 1.807) is 17.9 Å². The van der Waals surface area contributed by atoms with E-state index in [9.17, 15) is 19.7 Å². The zero-order chi connectivity index (χ0) is 17.0. The van der Waals surface area contributed by atoms with E-state index in [-0.39, 0.29) is 17.3 Å². The van der Waals surface area contributed by atoms with Gasteiger partial charge in [0.2, 0.25) is 5.91 Å². The third-order valence-electron chi connectivity index (χ3n) is 4.09. The summed E-state index contributed by atoms with van der Waals surface area (Å²) in [5.41, 5.74) is -0.0312. The van der Waals surface area contributed by atoms with Crippen LogP contribution in [0.2, 0.25) is 0 Å². The SMILES string of the molecule is CC(C(=O)Nc1ccccc1[N+](=O)[O-])N1CCCC(C(=O)O)C1. The number of nitro groups is 1. The molecule has 8 nitrogen and oxygen atoms in total. The van der Waals surface area contributed by atoms with E-state index in [0.29, 0.717) is 25.9 Å². The van der Waals surface area contributed by atoms with Gasteiger partial charge in [0.05, 0.1) is 16.9 Å². The highest BCUT2D eigenvalue weighted by Crippen LogP contribution is 2.24. The van der Waals surface area contributed by atoms with E-state index < -0.39 is 22.9 Å². The van der Waals surface area contributed by atoms with Gasteiger partial charge in [-0.15, -0.1) is 0 Å². The fourth-order valence-corrected chi connectivity index (χ4v) is 2.70. The lowest BCUT2D eigenvalue weighted by molar-refractivity contribution is -0.383. The summed E-state index contributed by atoms with van der Waals surface area (Å²) in [7, 11) is 0. The van der Waals surface area contributed by atoms with Crippen LogP contribution in [-0.4, -0.2) is 45.9 Å². The molecule has 0 bridgehead atoms. The number of hydrogen-bond acceptors (Lipinski definition) is 5. The molecular formula is C15H19N3O5. The fraction of sp³-hybridized carbons (Fsp3) is 0.467. The maximum Gasteiger partial charge on any atom is 0.307 e. The molecule has 1 aliphatic heterocycles. The second-order valence-corrected chi connectivity index (χ2v) is 5.61. The highest BCUT2D eigenvalue weighted by atomic mass is 16.6. The molecule has 1 saturated heterocycles. The predicted molar refractivity (Wildman–Crippen MR) is 83.1 cm³/mol. The monoisotopic (exact) mass is 321 g/mol. The molecule has 8 heteroatoms. The molecule has 0 spiro atoms. The molecular weight excluding hydrogens is 302 g/mol. The summed E-state index contributed by atoms with van der Waals surface area (Å²) in [4.78, 5) is 35.7. The highest BCUT2D eigenvalue weighted by Gasteiger charge is 2.31. The maximum absolute atomic E-state index is 12.3. The van der Waals surface area contributed by atoms with Crippen LogP contribution in [0.5, 0.6) is 0 Å². The number of para-hydroxylation sites is 2. The number of carbonyl (C=O) groups excluding carboxylic acids is 1. The van der Waals surface area contributed by atoms with Crippen LogP contribution in [0.1, 0.15) is 19.8 Å². The quantitative estimate of drug-likeness (QED) is 0.630. The smallest absolute Gasteiger partial charge is 0.307 e. The zero-order valence-electron chi connectivity index (χ0n) is 12.8. The first-order valence-corrected chi connectivity index (χ1v) is 7.41. The van der Waals surface area contributed by atoms with Gasteiger partial charge in [0.25, 0.3) is 5.69 Å². The topological polar surface area (TPSA) is 113 Å². The third kappa shape index (κ3) is 4.04. The van der Waals surface area contributed by atoms with Crippen molar-refractivity contribution < 1.29 is 19.6 Å². The number of likely N-dealkylation sites (tertiary alicyclic amines) is 1. The number of piperidine rings is 1. The summed E-state index contributed by atoms with van der Waals surface area (Å²) in [6.07, 6.45) is 1.31. The molecule has 1 aliphatic rings. The van der Waals surface area contributed by atoms with Crippen LogP contribution < -0.4 is 5.32 Å². The van der Waals surface area contributed by atoms with Gasteiger partial charge < -0.3 is 10.4 Å². The molecule has 1 amide bonds. The van der Waals surface area contributed by atoms with Crippen LogP contribution in [0, 0.1) is 16.0 Å². The van der Waals surface area contributed by atoms with Gasteiger partial charge in [-0.3, -0.25) is 24.6 Å². The Bertz CT molecular complexity index is 619. The van der Waals surface area contributed by atoms with E-state index in [1.807, 2.05) is 0 Å². The Kier molecular flexibility index (Phi) is 5.28. The first-order valence-electron chi connectivity index (χ1n) is 7.41. The molecule has 1 aromatic rings.